The van der Waals surface area contributed by atoms with Gasteiger partial charge in [0.2, 0.25) is 15.9 Å². The molecule has 1 heterocycles. The van der Waals surface area contributed by atoms with Crippen molar-refractivity contribution in [1.29, 1.82) is 0 Å². The number of methoxy groups -OCH3 is 1. The number of morpholine rings is 1. The zero-order valence-electron chi connectivity index (χ0n) is 16.4. The molecule has 2 aromatic carbocycles. The number of carbonyl (C=O) groups excluding carboxylic acids is 1. The van der Waals surface area contributed by atoms with Crippen LogP contribution < -0.4 is 15.4 Å². The summed E-state index contributed by atoms with van der Waals surface area (Å²) in [6.45, 7) is 3.22. The summed E-state index contributed by atoms with van der Waals surface area (Å²) >= 11 is 0. The van der Waals surface area contributed by atoms with Crippen LogP contribution in [-0.2, 0) is 19.6 Å². The molecule has 1 aliphatic rings. The van der Waals surface area contributed by atoms with E-state index in [-0.39, 0.29) is 10.8 Å². The number of rotatable bonds is 7. The van der Waals surface area contributed by atoms with Crippen molar-refractivity contribution in [2.75, 3.05) is 44.0 Å². The maximum Gasteiger partial charge on any atom is 0.246 e. The second kappa shape index (κ2) is 9.25. The first-order valence-electron chi connectivity index (χ1n) is 9.29. The molecule has 1 amide bonds. The van der Waals surface area contributed by atoms with Crippen LogP contribution >= 0.6 is 0 Å². The third-order valence-electron chi connectivity index (χ3n) is 4.60. The predicted octanol–water partition coefficient (Wildman–Crippen LogP) is 2.16. The highest BCUT2D eigenvalue weighted by atomic mass is 32.2. The Balaban J connectivity index is 1.60. The topological polar surface area (TPSA) is 97.0 Å². The summed E-state index contributed by atoms with van der Waals surface area (Å²) < 4.78 is 37.0. The molecule has 29 heavy (non-hydrogen) atoms. The minimum Gasteiger partial charge on any atom is -0.497 e. The molecule has 0 aromatic heterocycles. The molecular weight excluding hydrogens is 394 g/mol. The van der Waals surface area contributed by atoms with Gasteiger partial charge in [-0.15, -0.1) is 0 Å². The molecule has 0 unspecified atom stereocenters. The van der Waals surface area contributed by atoms with Crippen LogP contribution in [0, 0.1) is 0 Å². The lowest BCUT2D eigenvalue weighted by Gasteiger charge is -2.26. The highest BCUT2D eigenvalue weighted by Gasteiger charge is 2.26. The fourth-order valence-corrected chi connectivity index (χ4v) is 4.31. The molecule has 0 spiro atoms. The quantitative estimate of drug-likeness (QED) is 0.714. The van der Waals surface area contributed by atoms with Gasteiger partial charge >= 0.3 is 0 Å². The second-order valence-corrected chi connectivity index (χ2v) is 8.56. The van der Waals surface area contributed by atoms with Crippen molar-refractivity contribution in [3.05, 3.63) is 48.5 Å². The van der Waals surface area contributed by atoms with Crippen LogP contribution in [0.5, 0.6) is 5.75 Å². The average molecular weight is 420 g/mol. The number of anilines is 2. The molecule has 0 radical (unpaired) electrons. The Hall–Kier alpha value is -2.62. The van der Waals surface area contributed by atoms with Crippen LogP contribution in [0.3, 0.4) is 0 Å². The number of ether oxygens (including phenoxy) is 2. The smallest absolute Gasteiger partial charge is 0.246 e. The number of nitrogens with one attached hydrogen (secondary N) is 2. The predicted molar refractivity (Wildman–Crippen MR) is 111 cm³/mol. The van der Waals surface area contributed by atoms with Crippen molar-refractivity contribution >= 4 is 27.3 Å². The standard InChI is InChI=1S/C20H25N3O5S/c1-15(21-16-3-7-18(27-2)8-4-16)20(24)22-17-5-9-19(10-6-17)29(25,26)23-11-13-28-14-12-23/h3-10,15,21H,11-14H2,1-2H3,(H,22,24)/t15-/m1/s1. The molecule has 2 N–H and O–H groups in total. The maximum atomic E-state index is 12.6. The number of hydrogen-bond acceptors (Lipinski definition) is 6. The van der Waals surface area contributed by atoms with E-state index < -0.39 is 16.1 Å². The van der Waals surface area contributed by atoms with Gasteiger partial charge < -0.3 is 20.1 Å². The lowest BCUT2D eigenvalue weighted by atomic mass is 10.2. The van der Waals surface area contributed by atoms with Crippen LogP contribution in [0.2, 0.25) is 0 Å². The Bertz CT molecular complexity index is 924. The van der Waals surface area contributed by atoms with E-state index in [1.54, 1.807) is 38.3 Å². The molecule has 0 saturated carbocycles. The first-order valence-corrected chi connectivity index (χ1v) is 10.7. The van der Waals surface area contributed by atoms with Gasteiger partial charge in [-0.05, 0) is 55.5 Å². The van der Waals surface area contributed by atoms with E-state index in [9.17, 15) is 13.2 Å². The van der Waals surface area contributed by atoms with E-state index >= 15 is 0 Å². The first-order chi connectivity index (χ1) is 13.9. The van der Waals surface area contributed by atoms with Crippen molar-refractivity contribution in [2.24, 2.45) is 0 Å². The second-order valence-electron chi connectivity index (χ2n) is 6.62. The summed E-state index contributed by atoms with van der Waals surface area (Å²) in [5, 5.41) is 5.90. The molecule has 1 aliphatic heterocycles. The fourth-order valence-electron chi connectivity index (χ4n) is 2.90. The number of sulfonamides is 1. The number of carbonyl (C=O) groups is 1. The lowest BCUT2D eigenvalue weighted by molar-refractivity contribution is -0.116. The minimum absolute atomic E-state index is 0.196. The summed E-state index contributed by atoms with van der Waals surface area (Å²) in [5.41, 5.74) is 1.32. The van der Waals surface area contributed by atoms with Crippen molar-refractivity contribution in [3.8, 4) is 5.75 Å². The monoisotopic (exact) mass is 419 g/mol. The Morgan fingerprint density at radius 1 is 1.03 bits per heavy atom. The van der Waals surface area contributed by atoms with Gasteiger partial charge in [0, 0.05) is 24.5 Å². The third kappa shape index (κ3) is 5.26. The van der Waals surface area contributed by atoms with Crippen molar-refractivity contribution in [3.63, 3.8) is 0 Å². The first kappa shape index (κ1) is 21.1. The number of benzene rings is 2. The van der Waals surface area contributed by atoms with Crippen LogP contribution in [-0.4, -0.2) is 58.1 Å². The van der Waals surface area contributed by atoms with Gasteiger partial charge in [0.1, 0.15) is 11.8 Å². The van der Waals surface area contributed by atoms with Gasteiger partial charge in [-0.3, -0.25) is 4.79 Å². The van der Waals surface area contributed by atoms with Gasteiger partial charge in [0.15, 0.2) is 0 Å². The van der Waals surface area contributed by atoms with Crippen LogP contribution in [0.15, 0.2) is 53.4 Å². The Labute approximate surface area is 170 Å². The molecule has 8 nitrogen and oxygen atoms in total. The van der Waals surface area contributed by atoms with E-state index in [1.165, 1.54) is 16.4 Å². The van der Waals surface area contributed by atoms with E-state index in [1.807, 2.05) is 12.1 Å². The van der Waals surface area contributed by atoms with E-state index in [2.05, 4.69) is 10.6 Å². The van der Waals surface area contributed by atoms with E-state index in [4.69, 9.17) is 9.47 Å². The molecule has 1 atom stereocenters. The summed E-state index contributed by atoms with van der Waals surface area (Å²) in [7, 11) is -1.96. The summed E-state index contributed by atoms with van der Waals surface area (Å²) in [6, 6.07) is 13.0. The number of nitrogens with zero attached hydrogens (tertiary/aromatic N) is 1. The van der Waals surface area contributed by atoms with E-state index in [0.717, 1.165) is 11.4 Å². The molecule has 0 aliphatic carbocycles. The molecule has 1 saturated heterocycles. The van der Waals surface area contributed by atoms with Gasteiger partial charge in [-0.1, -0.05) is 0 Å². The summed E-state index contributed by atoms with van der Waals surface area (Å²) in [5.74, 6) is 0.504. The van der Waals surface area contributed by atoms with Crippen LogP contribution in [0.4, 0.5) is 11.4 Å². The average Bonchev–Trinajstić information content (AvgIpc) is 2.75. The lowest BCUT2D eigenvalue weighted by Crippen LogP contribution is -2.40. The zero-order valence-corrected chi connectivity index (χ0v) is 17.2. The van der Waals surface area contributed by atoms with E-state index in [0.29, 0.717) is 32.0 Å². The molecular formula is C20H25N3O5S. The molecule has 9 heteroatoms. The number of amides is 1. The van der Waals surface area contributed by atoms with Gasteiger partial charge in [-0.25, -0.2) is 8.42 Å². The molecule has 0 bridgehead atoms. The Morgan fingerprint density at radius 3 is 2.21 bits per heavy atom. The van der Waals surface area contributed by atoms with Gasteiger partial charge in [-0.2, -0.15) is 4.31 Å². The Kier molecular flexibility index (Phi) is 6.73. The normalized spacial score (nSPS) is 16.1. The van der Waals surface area contributed by atoms with Gasteiger partial charge in [0.25, 0.3) is 0 Å². The largest absolute Gasteiger partial charge is 0.497 e. The summed E-state index contributed by atoms with van der Waals surface area (Å²) in [4.78, 5) is 12.6. The van der Waals surface area contributed by atoms with Crippen molar-refractivity contribution < 1.29 is 22.7 Å². The van der Waals surface area contributed by atoms with Crippen LogP contribution in [0.25, 0.3) is 0 Å². The fraction of sp³-hybridized carbons (Fsp3) is 0.350. The minimum atomic E-state index is -3.55. The summed E-state index contributed by atoms with van der Waals surface area (Å²) in [6.07, 6.45) is 0. The van der Waals surface area contributed by atoms with Gasteiger partial charge in [0.05, 0.1) is 25.2 Å². The highest BCUT2D eigenvalue weighted by molar-refractivity contribution is 7.89. The molecule has 156 valence electrons. The molecule has 1 fully saturated rings. The number of hydrogen-bond donors (Lipinski definition) is 2. The van der Waals surface area contributed by atoms with Crippen molar-refractivity contribution in [1.82, 2.24) is 4.31 Å². The SMILES string of the molecule is COc1ccc(N[C@H](C)C(=O)Nc2ccc(S(=O)(=O)N3CCOCC3)cc2)cc1. The third-order valence-corrected chi connectivity index (χ3v) is 6.51. The highest BCUT2D eigenvalue weighted by Crippen LogP contribution is 2.20. The maximum absolute atomic E-state index is 12.6. The van der Waals surface area contributed by atoms with Crippen LogP contribution in [0.1, 0.15) is 6.92 Å². The zero-order chi connectivity index (χ0) is 20.9. The molecule has 3 rings (SSSR count). The molecule has 2 aromatic rings. The Morgan fingerprint density at radius 2 is 1.62 bits per heavy atom. The van der Waals surface area contributed by atoms with Crippen molar-refractivity contribution in [2.45, 2.75) is 17.9 Å².